The van der Waals surface area contributed by atoms with Crippen molar-refractivity contribution < 1.29 is 0 Å². The lowest BCUT2D eigenvalue weighted by Crippen LogP contribution is -1.94. The first-order chi connectivity index (χ1) is 41.7. The maximum atomic E-state index is 2.53. The first-order valence-corrected chi connectivity index (χ1v) is 30.6. The van der Waals surface area contributed by atoms with Crippen molar-refractivity contribution >= 4 is 138 Å². The Labute approximate surface area is 493 Å². The maximum absolute atomic E-state index is 2.53. The van der Waals surface area contributed by atoms with E-state index in [-0.39, 0.29) is 0 Å². The lowest BCUT2D eigenvalue weighted by molar-refractivity contribution is 1.64. The van der Waals surface area contributed by atoms with E-state index in [2.05, 4.69) is 291 Å². The standard InChI is InChI=1S/C82H48S2/c1-2-20-49(21-3-1)54-44-45-64(57-26-8-6-25-56(54)57)77-60-29-10-13-32-63(60)80(70-36-18-34-67-59-28-14-16-37-74(59)84-82(67)70)73-47-51(40-42-65(73)77)50-41-43-66-72(46-50)79(69-35-19-39-76-81(69)68-33-15-17-38-75(68)83-76)62-31-12-11-30-61(62)78(66)71-48-52-22-4-5-23-53(52)55-24-7-9-27-58(55)71/h1-48H. The molecule has 0 spiro atoms. The second-order valence-corrected chi connectivity index (χ2v) is 24.6. The highest BCUT2D eigenvalue weighted by atomic mass is 32.1. The predicted octanol–water partition coefficient (Wildman–Crippen LogP) is 24.5. The predicted molar refractivity (Wildman–Crippen MR) is 367 cm³/mol. The van der Waals surface area contributed by atoms with Crippen LogP contribution in [0.4, 0.5) is 0 Å². The Morgan fingerprint density at radius 3 is 1.27 bits per heavy atom. The molecular weight excluding hydrogens is 1050 g/mol. The number of hydrogen-bond donors (Lipinski definition) is 0. The van der Waals surface area contributed by atoms with Crippen LogP contribution >= 0.6 is 22.7 Å². The van der Waals surface area contributed by atoms with Gasteiger partial charge in [0.25, 0.3) is 0 Å². The van der Waals surface area contributed by atoms with Gasteiger partial charge in [0.05, 0.1) is 0 Å². The quantitative estimate of drug-likeness (QED) is 0.115. The summed E-state index contributed by atoms with van der Waals surface area (Å²) in [4.78, 5) is 0. The molecule has 2 heterocycles. The van der Waals surface area contributed by atoms with Crippen molar-refractivity contribution in [3.05, 3.63) is 291 Å². The Morgan fingerprint density at radius 2 is 0.607 bits per heavy atom. The summed E-state index contributed by atoms with van der Waals surface area (Å²) >= 11 is 3.79. The molecule has 16 aromatic carbocycles. The van der Waals surface area contributed by atoms with Gasteiger partial charge in [-0.3, -0.25) is 0 Å². The summed E-state index contributed by atoms with van der Waals surface area (Å²) in [7, 11) is 0. The van der Waals surface area contributed by atoms with Crippen molar-refractivity contribution in [1.29, 1.82) is 0 Å². The maximum Gasteiger partial charge on any atom is 0.0434 e. The average Bonchev–Trinajstić information content (AvgIpc) is 1.31. The number of hydrogen-bond acceptors (Lipinski definition) is 2. The monoisotopic (exact) mass is 1100 g/mol. The van der Waals surface area contributed by atoms with Gasteiger partial charge in [-0.05, 0) is 173 Å². The molecule has 0 aliphatic carbocycles. The fourth-order valence-electron chi connectivity index (χ4n) is 14.5. The number of thiophene rings is 2. The van der Waals surface area contributed by atoms with E-state index >= 15 is 0 Å². The normalized spacial score (nSPS) is 12.0. The molecule has 2 aromatic heterocycles. The van der Waals surface area contributed by atoms with Crippen LogP contribution < -0.4 is 0 Å². The van der Waals surface area contributed by atoms with E-state index < -0.39 is 0 Å². The van der Waals surface area contributed by atoms with Gasteiger partial charge < -0.3 is 0 Å². The summed E-state index contributed by atoms with van der Waals surface area (Å²) < 4.78 is 5.22. The highest BCUT2D eigenvalue weighted by molar-refractivity contribution is 7.26. The first kappa shape index (κ1) is 47.4. The number of rotatable bonds is 6. The highest BCUT2D eigenvalue weighted by Gasteiger charge is 2.25. The molecule has 0 saturated carbocycles. The molecule has 0 unspecified atom stereocenters. The zero-order chi connectivity index (χ0) is 55.0. The van der Waals surface area contributed by atoms with Gasteiger partial charge in [0.1, 0.15) is 0 Å². The fraction of sp³-hybridized carbons (Fsp3) is 0. The average molecular weight is 1100 g/mol. The minimum atomic E-state index is 1.18. The molecule has 388 valence electrons. The molecule has 2 heteroatoms. The molecular formula is C82H48S2. The minimum Gasteiger partial charge on any atom is -0.135 e. The van der Waals surface area contributed by atoms with Crippen LogP contribution in [0.25, 0.3) is 183 Å². The molecule has 0 atom stereocenters. The Kier molecular flexibility index (Phi) is 10.5. The number of fused-ring (bicyclic) bond motifs is 14. The van der Waals surface area contributed by atoms with Crippen LogP contribution in [0.5, 0.6) is 0 Å². The third-order valence-corrected chi connectivity index (χ3v) is 20.4. The van der Waals surface area contributed by atoms with E-state index in [4.69, 9.17) is 0 Å². The Morgan fingerprint density at radius 1 is 0.179 bits per heavy atom. The summed E-state index contributed by atoms with van der Waals surface area (Å²) in [6.07, 6.45) is 0. The van der Waals surface area contributed by atoms with Gasteiger partial charge in [-0.2, -0.15) is 0 Å². The smallest absolute Gasteiger partial charge is 0.0434 e. The summed E-state index contributed by atoms with van der Waals surface area (Å²) in [5.41, 5.74) is 14.9. The van der Waals surface area contributed by atoms with E-state index in [1.807, 2.05) is 22.7 Å². The van der Waals surface area contributed by atoms with Crippen molar-refractivity contribution in [3.63, 3.8) is 0 Å². The van der Waals surface area contributed by atoms with Gasteiger partial charge in [0.2, 0.25) is 0 Å². The van der Waals surface area contributed by atoms with Crippen LogP contribution in [0.1, 0.15) is 0 Å². The largest absolute Gasteiger partial charge is 0.135 e. The summed E-state index contributed by atoms with van der Waals surface area (Å²) in [5, 5.41) is 22.7. The Hall–Kier alpha value is -10.2. The first-order valence-electron chi connectivity index (χ1n) is 29.0. The third-order valence-electron chi connectivity index (χ3n) is 18.0. The molecule has 18 aromatic rings. The Bertz CT molecular complexity index is 5800. The van der Waals surface area contributed by atoms with Crippen LogP contribution in [0, 0.1) is 0 Å². The van der Waals surface area contributed by atoms with Crippen LogP contribution in [-0.2, 0) is 0 Å². The highest BCUT2D eigenvalue weighted by Crippen LogP contribution is 2.53. The molecule has 0 N–H and O–H groups in total. The lowest BCUT2D eigenvalue weighted by Gasteiger charge is -2.22. The van der Waals surface area contributed by atoms with Gasteiger partial charge in [0.15, 0.2) is 0 Å². The lowest BCUT2D eigenvalue weighted by atomic mass is 9.81. The van der Waals surface area contributed by atoms with Crippen molar-refractivity contribution in [1.82, 2.24) is 0 Å². The second-order valence-electron chi connectivity index (χ2n) is 22.4. The van der Waals surface area contributed by atoms with Gasteiger partial charge in [-0.25, -0.2) is 0 Å². The van der Waals surface area contributed by atoms with E-state index in [0.717, 1.165) is 0 Å². The molecule has 0 fully saturated rings. The molecule has 0 amide bonds. The molecule has 18 rings (SSSR count). The molecule has 0 aliphatic rings. The van der Waals surface area contributed by atoms with Gasteiger partial charge in [-0.1, -0.05) is 255 Å². The van der Waals surface area contributed by atoms with Crippen molar-refractivity contribution in [2.75, 3.05) is 0 Å². The summed E-state index contributed by atoms with van der Waals surface area (Å²) in [5.74, 6) is 0. The Balaban J connectivity index is 0.964. The topological polar surface area (TPSA) is 0 Å². The fourth-order valence-corrected chi connectivity index (χ4v) is 16.8. The van der Waals surface area contributed by atoms with Crippen LogP contribution in [0.3, 0.4) is 0 Å². The summed E-state index contributed by atoms with van der Waals surface area (Å²) in [6.45, 7) is 0. The van der Waals surface area contributed by atoms with E-state index in [9.17, 15) is 0 Å². The molecule has 0 bridgehead atoms. The summed E-state index contributed by atoms with van der Waals surface area (Å²) in [6, 6.07) is 110. The zero-order valence-corrected chi connectivity index (χ0v) is 47.2. The van der Waals surface area contributed by atoms with E-state index in [1.165, 1.54) is 183 Å². The van der Waals surface area contributed by atoms with Crippen molar-refractivity contribution in [3.8, 4) is 66.8 Å². The molecule has 0 aliphatic heterocycles. The SMILES string of the molecule is c1ccc(-c2ccc(-c3c4ccccc4c(-c4cccc5c4sc4ccccc45)c4cc(-c5ccc6c(-c7cc8ccccc8c8ccccc78)c7ccccc7c(-c7cccc8sc9ccccc9c78)c6c5)ccc34)c3ccccc23)cc1. The molecule has 84 heavy (non-hydrogen) atoms. The number of benzene rings is 16. The van der Waals surface area contributed by atoms with Crippen molar-refractivity contribution in [2.24, 2.45) is 0 Å². The molecule has 0 radical (unpaired) electrons. The molecule has 0 nitrogen and oxygen atoms in total. The second kappa shape index (κ2) is 18.7. The molecule has 0 saturated heterocycles. The van der Waals surface area contributed by atoms with Gasteiger partial charge >= 0.3 is 0 Å². The van der Waals surface area contributed by atoms with Gasteiger partial charge in [-0.15, -0.1) is 22.7 Å². The third kappa shape index (κ3) is 7.05. The van der Waals surface area contributed by atoms with Crippen LogP contribution in [-0.4, -0.2) is 0 Å². The van der Waals surface area contributed by atoms with E-state index in [1.54, 1.807) is 0 Å². The minimum absolute atomic E-state index is 1.18. The zero-order valence-electron chi connectivity index (χ0n) is 45.5. The van der Waals surface area contributed by atoms with E-state index in [0.29, 0.717) is 0 Å². The van der Waals surface area contributed by atoms with Crippen molar-refractivity contribution in [2.45, 2.75) is 0 Å². The van der Waals surface area contributed by atoms with Gasteiger partial charge in [0, 0.05) is 45.9 Å². The van der Waals surface area contributed by atoms with Crippen LogP contribution in [0.2, 0.25) is 0 Å². The van der Waals surface area contributed by atoms with Crippen LogP contribution in [0.15, 0.2) is 291 Å².